The quantitative estimate of drug-likeness (QED) is 0.354. The fourth-order valence-electron chi connectivity index (χ4n) is 4.28. The molecule has 4 rings (SSSR count). The second-order valence-corrected chi connectivity index (χ2v) is 12.1. The lowest BCUT2D eigenvalue weighted by molar-refractivity contribution is -0.140. The summed E-state index contributed by atoms with van der Waals surface area (Å²) in [5.74, 6) is 0.0645. The number of sulfone groups is 1. The van der Waals surface area contributed by atoms with Gasteiger partial charge < -0.3 is 10.1 Å². The van der Waals surface area contributed by atoms with Crippen LogP contribution >= 0.6 is 11.8 Å². The predicted molar refractivity (Wildman–Crippen MR) is 146 cm³/mol. The Bertz CT molecular complexity index is 1240. The minimum absolute atomic E-state index is 0.0151. The first-order valence-electron chi connectivity index (χ1n) is 12.1. The number of benzene rings is 3. The number of thioether (sulfide) groups is 1. The van der Waals surface area contributed by atoms with Crippen LogP contribution in [-0.4, -0.2) is 45.0 Å². The van der Waals surface area contributed by atoms with E-state index < -0.39 is 21.7 Å². The van der Waals surface area contributed by atoms with Crippen LogP contribution in [0.5, 0.6) is 0 Å². The first-order chi connectivity index (χ1) is 17.4. The average molecular weight is 525 g/mol. The molecule has 0 aliphatic carbocycles. The van der Waals surface area contributed by atoms with E-state index in [0.29, 0.717) is 0 Å². The summed E-state index contributed by atoms with van der Waals surface area (Å²) in [5, 5.41) is 6.92. The lowest BCUT2D eigenvalue weighted by atomic mass is 9.98. The first kappa shape index (κ1) is 26.3. The number of nitrogens with one attached hydrogen (secondary N) is 2. The van der Waals surface area contributed by atoms with Gasteiger partial charge in [-0.15, -0.1) is 11.8 Å². The van der Waals surface area contributed by atoms with Crippen LogP contribution in [0.3, 0.4) is 0 Å². The van der Waals surface area contributed by atoms with E-state index >= 15 is 0 Å². The Morgan fingerprint density at radius 3 is 2.47 bits per heavy atom. The van der Waals surface area contributed by atoms with Gasteiger partial charge in [0.2, 0.25) is 0 Å². The summed E-state index contributed by atoms with van der Waals surface area (Å²) >= 11 is 1.87. The fourth-order valence-corrected chi connectivity index (χ4v) is 6.79. The molecule has 1 fully saturated rings. The van der Waals surface area contributed by atoms with E-state index in [-0.39, 0.29) is 22.6 Å². The molecule has 2 atom stereocenters. The van der Waals surface area contributed by atoms with E-state index in [1.807, 2.05) is 54.2 Å². The van der Waals surface area contributed by atoms with Gasteiger partial charge in [0.15, 0.2) is 9.84 Å². The van der Waals surface area contributed by atoms with Crippen LogP contribution in [0.15, 0.2) is 83.8 Å². The van der Waals surface area contributed by atoms with E-state index in [4.69, 9.17) is 4.74 Å². The molecule has 3 aromatic rings. The Kier molecular flexibility index (Phi) is 9.07. The topological polar surface area (TPSA) is 84.5 Å². The molecule has 6 nitrogen and oxygen atoms in total. The summed E-state index contributed by atoms with van der Waals surface area (Å²) in [7, 11) is -2.27. The molecule has 0 bridgehead atoms. The van der Waals surface area contributed by atoms with Crippen LogP contribution in [0.1, 0.15) is 29.0 Å². The number of hydrogen-bond acceptors (Lipinski definition) is 7. The summed E-state index contributed by atoms with van der Waals surface area (Å²) < 4.78 is 31.2. The normalized spacial score (nSPS) is 16.4. The van der Waals surface area contributed by atoms with Gasteiger partial charge in [0, 0.05) is 23.9 Å². The van der Waals surface area contributed by atoms with Gasteiger partial charge in [-0.1, -0.05) is 54.6 Å². The molecule has 3 aromatic carbocycles. The maximum absolute atomic E-state index is 13.2. The number of aryl methyl sites for hydroxylation is 2. The molecular weight excluding hydrogens is 492 g/mol. The SMILES string of the molecule is COC(=O)CC(CS(=O)(=O)c1ccc(CCc2cccc(NC3NCCS3)c2)cc1)c1ccccc1. The molecule has 0 spiro atoms. The van der Waals surface area contributed by atoms with Crippen molar-refractivity contribution in [3.63, 3.8) is 0 Å². The lowest BCUT2D eigenvalue weighted by Crippen LogP contribution is -2.27. The molecule has 2 unspecified atom stereocenters. The minimum atomic E-state index is -3.59. The molecule has 0 saturated carbocycles. The van der Waals surface area contributed by atoms with Crippen LogP contribution in [0.25, 0.3) is 0 Å². The number of ether oxygens (including phenoxy) is 1. The molecule has 8 heteroatoms. The van der Waals surface area contributed by atoms with E-state index in [1.54, 1.807) is 12.1 Å². The van der Waals surface area contributed by atoms with Crippen molar-refractivity contribution in [2.24, 2.45) is 0 Å². The highest BCUT2D eigenvalue weighted by atomic mass is 32.2. The average Bonchev–Trinajstić information content (AvgIpc) is 3.41. The molecule has 1 heterocycles. The van der Waals surface area contributed by atoms with Crippen molar-refractivity contribution in [3.8, 4) is 0 Å². The van der Waals surface area contributed by atoms with Crippen molar-refractivity contribution in [2.75, 3.05) is 30.5 Å². The number of methoxy groups -OCH3 is 1. The third kappa shape index (κ3) is 7.35. The van der Waals surface area contributed by atoms with Gasteiger partial charge >= 0.3 is 5.97 Å². The maximum Gasteiger partial charge on any atom is 0.306 e. The Labute approximate surface area is 217 Å². The molecule has 36 heavy (non-hydrogen) atoms. The molecule has 1 aliphatic heterocycles. The van der Waals surface area contributed by atoms with Crippen molar-refractivity contribution < 1.29 is 17.9 Å². The monoisotopic (exact) mass is 524 g/mol. The zero-order valence-corrected chi connectivity index (χ0v) is 22.0. The van der Waals surface area contributed by atoms with Gasteiger partial charge in [-0.3, -0.25) is 10.1 Å². The molecule has 0 aromatic heterocycles. The van der Waals surface area contributed by atoms with E-state index in [2.05, 4.69) is 34.9 Å². The van der Waals surface area contributed by atoms with Gasteiger partial charge in [0.1, 0.15) is 5.50 Å². The number of rotatable bonds is 11. The Hall–Kier alpha value is -2.81. The van der Waals surface area contributed by atoms with Gasteiger partial charge in [-0.05, 0) is 53.8 Å². The predicted octanol–water partition coefficient (Wildman–Crippen LogP) is 4.62. The van der Waals surface area contributed by atoms with Crippen LogP contribution in [-0.2, 0) is 32.2 Å². The van der Waals surface area contributed by atoms with Gasteiger partial charge in [-0.2, -0.15) is 0 Å². The Morgan fingerprint density at radius 1 is 1.03 bits per heavy atom. The van der Waals surface area contributed by atoms with Crippen molar-refractivity contribution in [3.05, 3.63) is 95.6 Å². The first-order valence-corrected chi connectivity index (χ1v) is 14.8. The summed E-state index contributed by atoms with van der Waals surface area (Å²) in [4.78, 5) is 12.2. The largest absolute Gasteiger partial charge is 0.469 e. The Morgan fingerprint density at radius 2 is 1.78 bits per heavy atom. The van der Waals surface area contributed by atoms with Crippen LogP contribution < -0.4 is 10.6 Å². The zero-order valence-electron chi connectivity index (χ0n) is 20.4. The van der Waals surface area contributed by atoms with Gasteiger partial charge in [0.05, 0.1) is 24.2 Å². The second-order valence-electron chi connectivity index (χ2n) is 8.86. The third-order valence-electron chi connectivity index (χ3n) is 6.26. The number of hydrogen-bond donors (Lipinski definition) is 2. The molecule has 1 saturated heterocycles. The second kappa shape index (κ2) is 12.4. The number of carbonyl (C=O) groups is 1. The van der Waals surface area contributed by atoms with Crippen LogP contribution in [0, 0.1) is 0 Å². The summed E-state index contributed by atoms with van der Waals surface area (Å²) in [6, 6.07) is 24.8. The van der Waals surface area contributed by atoms with E-state index in [0.717, 1.165) is 42.0 Å². The standard InChI is InChI=1S/C28H32N2O4S2/c1-34-27(31)19-24(23-7-3-2-4-8-23)20-36(32,33)26-14-12-21(13-15-26)10-11-22-6-5-9-25(18-22)30-28-29-16-17-35-28/h2-9,12-15,18,24,28-30H,10-11,16-17,19-20H2,1H3. The van der Waals surface area contributed by atoms with Crippen molar-refractivity contribution in [2.45, 2.75) is 35.6 Å². The molecular formula is C28H32N2O4S2. The third-order valence-corrected chi connectivity index (χ3v) is 9.15. The van der Waals surface area contributed by atoms with Gasteiger partial charge in [0.25, 0.3) is 0 Å². The van der Waals surface area contributed by atoms with Crippen LogP contribution in [0.4, 0.5) is 5.69 Å². The smallest absolute Gasteiger partial charge is 0.306 e. The van der Waals surface area contributed by atoms with Crippen molar-refractivity contribution in [1.29, 1.82) is 0 Å². The number of anilines is 1. The highest BCUT2D eigenvalue weighted by Gasteiger charge is 2.25. The minimum Gasteiger partial charge on any atom is -0.469 e. The lowest BCUT2D eigenvalue weighted by Gasteiger charge is -2.17. The highest BCUT2D eigenvalue weighted by molar-refractivity contribution is 8.00. The van der Waals surface area contributed by atoms with Crippen LogP contribution in [0.2, 0.25) is 0 Å². The maximum atomic E-state index is 13.2. The number of esters is 1. The zero-order chi connectivity index (χ0) is 25.4. The van der Waals surface area contributed by atoms with Crippen molar-refractivity contribution >= 4 is 33.3 Å². The summed E-state index contributed by atoms with van der Waals surface area (Å²) in [6.07, 6.45) is 1.69. The molecule has 0 amide bonds. The molecule has 2 N–H and O–H groups in total. The number of carbonyl (C=O) groups excluding carboxylic acids is 1. The molecule has 190 valence electrons. The van der Waals surface area contributed by atoms with Gasteiger partial charge in [-0.25, -0.2) is 8.42 Å². The Balaban J connectivity index is 1.39. The highest BCUT2D eigenvalue weighted by Crippen LogP contribution is 2.26. The van der Waals surface area contributed by atoms with E-state index in [1.165, 1.54) is 12.7 Å². The van der Waals surface area contributed by atoms with Crippen molar-refractivity contribution in [1.82, 2.24) is 5.32 Å². The molecule has 1 aliphatic rings. The molecule has 0 radical (unpaired) electrons. The summed E-state index contributed by atoms with van der Waals surface area (Å²) in [5.41, 5.74) is 4.47. The fraction of sp³-hybridized carbons (Fsp3) is 0.321. The summed E-state index contributed by atoms with van der Waals surface area (Å²) in [6.45, 7) is 1.02. The van der Waals surface area contributed by atoms with E-state index in [9.17, 15) is 13.2 Å².